The molecule has 0 aromatic carbocycles. The second-order valence-corrected chi connectivity index (χ2v) is 5.00. The number of aromatic nitrogens is 3. The Morgan fingerprint density at radius 3 is 3.19 bits per heavy atom. The van der Waals surface area contributed by atoms with Gasteiger partial charge in [-0.25, -0.2) is 0 Å². The summed E-state index contributed by atoms with van der Waals surface area (Å²) in [6.45, 7) is 1.61. The predicted octanol–water partition coefficient (Wildman–Crippen LogP) is 0.532. The second-order valence-electron chi connectivity index (χ2n) is 5.00. The maximum absolute atomic E-state index is 12.2. The van der Waals surface area contributed by atoms with E-state index in [2.05, 4.69) is 20.5 Å². The molecule has 0 radical (unpaired) electrons. The summed E-state index contributed by atoms with van der Waals surface area (Å²) in [5.41, 5.74) is 1.92. The van der Waals surface area contributed by atoms with Gasteiger partial charge in [0, 0.05) is 31.3 Å². The van der Waals surface area contributed by atoms with Gasteiger partial charge in [0.25, 0.3) is 5.91 Å². The monoisotopic (exact) mass is 288 g/mol. The van der Waals surface area contributed by atoms with Gasteiger partial charge in [0.2, 0.25) is 5.56 Å². The van der Waals surface area contributed by atoms with Crippen molar-refractivity contribution >= 4 is 5.91 Å². The standard InChI is InChI=1S/C14H16N4O3/c19-12-5-9(1-3-15-12)6-16-14(20)11-7-17-18-13(11)10-2-4-21-8-10/h1,3,5,7,10H,2,4,6,8H2,(H,15,19)(H,16,20)(H,17,18). The molecular weight excluding hydrogens is 272 g/mol. The van der Waals surface area contributed by atoms with Crippen LogP contribution >= 0.6 is 0 Å². The molecule has 2 aromatic heterocycles. The van der Waals surface area contributed by atoms with Gasteiger partial charge in [-0.2, -0.15) is 5.10 Å². The van der Waals surface area contributed by atoms with Gasteiger partial charge in [0.05, 0.1) is 24.1 Å². The van der Waals surface area contributed by atoms with E-state index < -0.39 is 0 Å². The van der Waals surface area contributed by atoms with Crippen LogP contribution in [0.25, 0.3) is 0 Å². The number of hydrogen-bond acceptors (Lipinski definition) is 4. The number of H-pyrrole nitrogens is 2. The van der Waals surface area contributed by atoms with Crippen LogP contribution < -0.4 is 10.9 Å². The molecular formula is C14H16N4O3. The molecule has 21 heavy (non-hydrogen) atoms. The molecule has 1 saturated heterocycles. The minimum Gasteiger partial charge on any atom is -0.381 e. The maximum atomic E-state index is 12.2. The van der Waals surface area contributed by atoms with E-state index >= 15 is 0 Å². The first-order valence-corrected chi connectivity index (χ1v) is 6.81. The van der Waals surface area contributed by atoms with E-state index in [0.717, 1.165) is 17.7 Å². The number of hydrogen-bond donors (Lipinski definition) is 3. The molecule has 1 aliphatic rings. The van der Waals surface area contributed by atoms with Crippen LogP contribution in [0.2, 0.25) is 0 Å². The molecule has 2 aromatic rings. The Bertz CT molecular complexity index is 685. The Hall–Kier alpha value is -2.41. The fourth-order valence-electron chi connectivity index (χ4n) is 2.43. The fraction of sp³-hybridized carbons (Fsp3) is 0.357. The van der Waals surface area contributed by atoms with Crippen molar-refractivity contribution in [1.29, 1.82) is 0 Å². The van der Waals surface area contributed by atoms with Crippen LogP contribution in [0.1, 0.15) is 34.0 Å². The average Bonchev–Trinajstić information content (AvgIpc) is 3.14. The van der Waals surface area contributed by atoms with Crippen LogP contribution in [0.15, 0.2) is 29.3 Å². The third kappa shape index (κ3) is 3.03. The fourth-order valence-corrected chi connectivity index (χ4v) is 2.43. The van der Waals surface area contributed by atoms with Crippen molar-refractivity contribution in [3.8, 4) is 0 Å². The molecule has 1 unspecified atom stereocenters. The summed E-state index contributed by atoms with van der Waals surface area (Å²) < 4.78 is 5.34. The summed E-state index contributed by atoms with van der Waals surface area (Å²) >= 11 is 0. The molecule has 1 fully saturated rings. The van der Waals surface area contributed by atoms with Crippen molar-refractivity contribution < 1.29 is 9.53 Å². The quantitative estimate of drug-likeness (QED) is 0.764. The highest BCUT2D eigenvalue weighted by Crippen LogP contribution is 2.25. The van der Waals surface area contributed by atoms with Gasteiger partial charge in [0.1, 0.15) is 0 Å². The molecule has 1 atom stereocenters. The number of carbonyl (C=O) groups excluding carboxylic acids is 1. The van der Waals surface area contributed by atoms with Gasteiger partial charge >= 0.3 is 0 Å². The lowest BCUT2D eigenvalue weighted by Crippen LogP contribution is -2.24. The Balaban J connectivity index is 1.68. The Labute approximate surface area is 120 Å². The zero-order valence-electron chi connectivity index (χ0n) is 11.4. The van der Waals surface area contributed by atoms with Crippen LogP contribution in [0.4, 0.5) is 0 Å². The lowest BCUT2D eigenvalue weighted by Gasteiger charge is -2.09. The number of nitrogens with one attached hydrogen (secondary N) is 3. The number of carbonyl (C=O) groups is 1. The van der Waals surface area contributed by atoms with E-state index in [1.807, 2.05) is 0 Å². The molecule has 7 nitrogen and oxygen atoms in total. The lowest BCUT2D eigenvalue weighted by atomic mass is 10.0. The van der Waals surface area contributed by atoms with E-state index in [9.17, 15) is 9.59 Å². The molecule has 7 heteroatoms. The summed E-state index contributed by atoms with van der Waals surface area (Å²) in [5.74, 6) is -0.0150. The molecule has 0 saturated carbocycles. The zero-order chi connectivity index (χ0) is 14.7. The van der Waals surface area contributed by atoms with Crippen molar-refractivity contribution in [3.63, 3.8) is 0 Å². The van der Waals surface area contributed by atoms with Gasteiger partial charge in [-0.05, 0) is 18.1 Å². The number of ether oxygens (including phenoxy) is 1. The van der Waals surface area contributed by atoms with Gasteiger partial charge in [0.15, 0.2) is 0 Å². The van der Waals surface area contributed by atoms with E-state index in [1.54, 1.807) is 12.3 Å². The normalized spacial score (nSPS) is 17.8. The van der Waals surface area contributed by atoms with Crippen LogP contribution in [-0.4, -0.2) is 34.3 Å². The van der Waals surface area contributed by atoms with Gasteiger partial charge in [-0.15, -0.1) is 0 Å². The van der Waals surface area contributed by atoms with Crippen LogP contribution in [0, 0.1) is 0 Å². The summed E-state index contributed by atoms with van der Waals surface area (Å²) in [6, 6.07) is 3.21. The molecule has 1 aliphatic heterocycles. The minimum absolute atomic E-state index is 0.186. The maximum Gasteiger partial charge on any atom is 0.255 e. The predicted molar refractivity (Wildman–Crippen MR) is 75.0 cm³/mol. The third-order valence-electron chi connectivity index (χ3n) is 3.54. The number of nitrogens with zero attached hydrogens (tertiary/aromatic N) is 1. The number of rotatable bonds is 4. The largest absolute Gasteiger partial charge is 0.381 e. The average molecular weight is 288 g/mol. The number of pyridine rings is 1. The molecule has 0 bridgehead atoms. The minimum atomic E-state index is -0.203. The summed E-state index contributed by atoms with van der Waals surface area (Å²) in [7, 11) is 0. The number of aromatic amines is 2. The first-order chi connectivity index (χ1) is 10.2. The molecule has 3 heterocycles. The van der Waals surface area contributed by atoms with Crippen molar-refractivity contribution in [2.24, 2.45) is 0 Å². The lowest BCUT2D eigenvalue weighted by molar-refractivity contribution is 0.0949. The third-order valence-corrected chi connectivity index (χ3v) is 3.54. The highest BCUT2D eigenvalue weighted by molar-refractivity contribution is 5.95. The molecule has 3 rings (SSSR count). The van der Waals surface area contributed by atoms with E-state index in [-0.39, 0.29) is 17.4 Å². The summed E-state index contributed by atoms with van der Waals surface area (Å²) in [5, 5.41) is 9.65. The Kier molecular flexibility index (Phi) is 3.83. The zero-order valence-corrected chi connectivity index (χ0v) is 11.4. The first-order valence-electron chi connectivity index (χ1n) is 6.81. The van der Waals surface area contributed by atoms with Gasteiger partial charge in [-0.1, -0.05) is 0 Å². The van der Waals surface area contributed by atoms with Crippen LogP contribution in [0.3, 0.4) is 0 Å². The van der Waals surface area contributed by atoms with Crippen molar-refractivity contribution in [1.82, 2.24) is 20.5 Å². The van der Waals surface area contributed by atoms with E-state index in [0.29, 0.717) is 25.3 Å². The topological polar surface area (TPSA) is 99.9 Å². The molecule has 3 N–H and O–H groups in total. The van der Waals surface area contributed by atoms with Crippen LogP contribution in [-0.2, 0) is 11.3 Å². The molecule has 0 spiro atoms. The smallest absolute Gasteiger partial charge is 0.255 e. The Morgan fingerprint density at radius 2 is 2.43 bits per heavy atom. The van der Waals surface area contributed by atoms with E-state index in [1.165, 1.54) is 12.3 Å². The second kappa shape index (κ2) is 5.92. The number of amides is 1. The molecule has 0 aliphatic carbocycles. The van der Waals surface area contributed by atoms with Crippen molar-refractivity contribution in [3.05, 3.63) is 51.7 Å². The first kappa shape index (κ1) is 13.6. The van der Waals surface area contributed by atoms with Crippen molar-refractivity contribution in [2.45, 2.75) is 18.9 Å². The Morgan fingerprint density at radius 1 is 1.52 bits per heavy atom. The highest BCUT2D eigenvalue weighted by Gasteiger charge is 2.25. The summed E-state index contributed by atoms with van der Waals surface area (Å²) in [6.07, 6.45) is 3.97. The van der Waals surface area contributed by atoms with Gasteiger partial charge in [-0.3, -0.25) is 14.7 Å². The highest BCUT2D eigenvalue weighted by atomic mass is 16.5. The van der Waals surface area contributed by atoms with Crippen molar-refractivity contribution in [2.75, 3.05) is 13.2 Å². The van der Waals surface area contributed by atoms with E-state index in [4.69, 9.17) is 4.74 Å². The van der Waals surface area contributed by atoms with Gasteiger partial charge < -0.3 is 15.0 Å². The summed E-state index contributed by atoms with van der Waals surface area (Å²) in [4.78, 5) is 26.0. The molecule has 110 valence electrons. The molecule has 1 amide bonds. The SMILES string of the molecule is O=C(NCc1cc[nH]c(=O)c1)c1cn[nH]c1C1CCOC1. The van der Waals surface area contributed by atoms with Crippen LogP contribution in [0.5, 0.6) is 0 Å².